The molecule has 0 rings (SSSR count). The summed E-state index contributed by atoms with van der Waals surface area (Å²) >= 11 is 0. The molecule has 0 aliphatic carbocycles. The first-order chi connectivity index (χ1) is 9.33. The SMILES string of the molecule is CC(=CC(F)(F)C(F)(F)C(F)(F)C(F)(F)C(F)(F)F)C(=O)O. The van der Waals surface area contributed by atoms with Crippen molar-refractivity contribution in [2.75, 3.05) is 0 Å². The quantitative estimate of drug-likeness (QED) is 0.596. The van der Waals surface area contributed by atoms with Gasteiger partial charge in [0, 0.05) is 11.6 Å². The second-order valence-corrected chi connectivity index (χ2v) is 3.98. The zero-order chi connectivity index (χ0) is 18.4. The highest BCUT2D eigenvalue weighted by atomic mass is 19.4. The van der Waals surface area contributed by atoms with E-state index in [1.807, 2.05) is 0 Å². The summed E-state index contributed by atoms with van der Waals surface area (Å²) in [6.07, 6.45) is -8.59. The minimum absolute atomic E-state index is 0.215. The Morgan fingerprint density at radius 1 is 0.773 bits per heavy atom. The third-order valence-electron chi connectivity index (χ3n) is 2.30. The van der Waals surface area contributed by atoms with Gasteiger partial charge in [0.15, 0.2) is 0 Å². The van der Waals surface area contributed by atoms with E-state index < -0.39 is 47.5 Å². The van der Waals surface area contributed by atoms with Gasteiger partial charge in [-0.05, 0) is 6.92 Å². The van der Waals surface area contributed by atoms with Crippen LogP contribution in [0, 0.1) is 0 Å². The van der Waals surface area contributed by atoms with Crippen molar-refractivity contribution in [1.82, 2.24) is 0 Å². The maximum Gasteiger partial charge on any atom is 0.460 e. The average Bonchev–Trinajstić information content (AvgIpc) is 2.25. The molecule has 0 aromatic rings. The molecule has 22 heavy (non-hydrogen) atoms. The molecule has 0 saturated heterocycles. The summed E-state index contributed by atoms with van der Waals surface area (Å²) in [6, 6.07) is 0. The first-order valence-electron chi connectivity index (χ1n) is 4.83. The van der Waals surface area contributed by atoms with Crippen molar-refractivity contribution in [2.45, 2.75) is 36.8 Å². The average molecular weight is 354 g/mol. The fraction of sp³-hybridized carbons (Fsp3) is 0.667. The van der Waals surface area contributed by atoms with E-state index in [4.69, 9.17) is 5.11 Å². The lowest BCUT2D eigenvalue weighted by Crippen LogP contribution is -2.66. The number of carboxylic acids is 1. The number of hydrogen-bond acceptors (Lipinski definition) is 1. The van der Waals surface area contributed by atoms with Crippen molar-refractivity contribution in [3.63, 3.8) is 0 Å². The summed E-state index contributed by atoms with van der Waals surface area (Å²) in [4.78, 5) is 10.1. The monoisotopic (exact) mass is 354 g/mol. The molecule has 0 aromatic carbocycles. The van der Waals surface area contributed by atoms with Crippen LogP contribution in [-0.2, 0) is 4.79 Å². The van der Waals surface area contributed by atoms with Crippen LogP contribution in [0.25, 0.3) is 0 Å². The van der Waals surface area contributed by atoms with Gasteiger partial charge in [0.2, 0.25) is 0 Å². The summed E-state index contributed by atoms with van der Waals surface area (Å²) in [7, 11) is 0. The zero-order valence-electron chi connectivity index (χ0n) is 10.1. The second kappa shape index (κ2) is 5.26. The van der Waals surface area contributed by atoms with Crippen LogP contribution in [0.3, 0.4) is 0 Å². The van der Waals surface area contributed by atoms with Crippen molar-refractivity contribution < 1.29 is 58.2 Å². The van der Waals surface area contributed by atoms with E-state index in [1.165, 1.54) is 0 Å². The third kappa shape index (κ3) is 2.97. The van der Waals surface area contributed by atoms with Crippen molar-refractivity contribution >= 4 is 5.97 Å². The van der Waals surface area contributed by atoms with Crippen LogP contribution >= 0.6 is 0 Å². The summed E-state index contributed by atoms with van der Waals surface area (Å²) in [5.74, 6) is -30.9. The number of hydrogen-bond donors (Lipinski definition) is 1. The Hall–Kier alpha value is -1.56. The highest BCUT2D eigenvalue weighted by molar-refractivity contribution is 5.86. The van der Waals surface area contributed by atoms with Crippen molar-refractivity contribution in [2.24, 2.45) is 0 Å². The molecule has 0 saturated carbocycles. The number of allylic oxidation sites excluding steroid dienone is 1. The molecule has 0 aliphatic heterocycles. The molecule has 0 radical (unpaired) electrons. The van der Waals surface area contributed by atoms with E-state index >= 15 is 0 Å². The van der Waals surface area contributed by atoms with Gasteiger partial charge in [-0.2, -0.15) is 48.3 Å². The molecule has 2 nitrogen and oxygen atoms in total. The number of carboxylic acid groups (broad SMARTS) is 1. The molecule has 0 aromatic heterocycles. The highest BCUT2D eigenvalue weighted by Gasteiger charge is 2.86. The van der Waals surface area contributed by atoms with E-state index in [9.17, 15) is 53.1 Å². The van der Waals surface area contributed by atoms with Gasteiger partial charge in [-0.15, -0.1) is 0 Å². The molecule has 1 N–H and O–H groups in total. The van der Waals surface area contributed by atoms with Crippen LogP contribution in [-0.4, -0.2) is 40.9 Å². The van der Waals surface area contributed by atoms with Gasteiger partial charge >= 0.3 is 35.8 Å². The molecule has 0 unspecified atom stereocenters. The zero-order valence-corrected chi connectivity index (χ0v) is 10.1. The van der Waals surface area contributed by atoms with Crippen LogP contribution in [0.2, 0.25) is 0 Å². The van der Waals surface area contributed by atoms with Crippen LogP contribution in [0.15, 0.2) is 11.6 Å². The minimum Gasteiger partial charge on any atom is -0.478 e. The van der Waals surface area contributed by atoms with Gasteiger partial charge in [0.05, 0.1) is 0 Å². The predicted octanol–water partition coefficient (Wildman–Crippen LogP) is 4.12. The molecule has 0 fully saturated rings. The molecule has 0 atom stereocenters. The van der Waals surface area contributed by atoms with Crippen molar-refractivity contribution in [3.05, 3.63) is 11.6 Å². The Morgan fingerprint density at radius 3 is 1.41 bits per heavy atom. The molecule has 0 bridgehead atoms. The highest BCUT2D eigenvalue weighted by Crippen LogP contribution is 2.57. The van der Waals surface area contributed by atoms with E-state index in [2.05, 4.69) is 0 Å². The summed E-state index contributed by atoms with van der Waals surface area (Å²) in [5, 5.41) is 8.14. The lowest BCUT2D eigenvalue weighted by Gasteiger charge is -2.36. The van der Waals surface area contributed by atoms with Crippen LogP contribution < -0.4 is 0 Å². The number of aliphatic carboxylic acids is 1. The Balaban J connectivity index is 6.11. The Morgan fingerprint density at radius 2 is 1.14 bits per heavy atom. The molecule has 0 aliphatic rings. The third-order valence-corrected chi connectivity index (χ3v) is 2.30. The van der Waals surface area contributed by atoms with Crippen molar-refractivity contribution in [1.29, 1.82) is 0 Å². The summed E-state index contributed by atoms with van der Waals surface area (Å²) in [6.45, 7) is 0.215. The van der Waals surface area contributed by atoms with Crippen LogP contribution in [0.1, 0.15) is 6.92 Å². The molecule has 13 heteroatoms. The Bertz CT molecular complexity index is 474. The maximum atomic E-state index is 13.0. The van der Waals surface area contributed by atoms with Crippen LogP contribution in [0.4, 0.5) is 48.3 Å². The lowest BCUT2D eigenvalue weighted by molar-refractivity contribution is -0.417. The topological polar surface area (TPSA) is 37.3 Å². The fourth-order valence-electron chi connectivity index (χ4n) is 1.01. The molecule has 0 amide bonds. The van der Waals surface area contributed by atoms with Gasteiger partial charge in [-0.25, -0.2) is 4.79 Å². The van der Waals surface area contributed by atoms with Gasteiger partial charge in [-0.3, -0.25) is 0 Å². The predicted molar refractivity (Wildman–Crippen MR) is 47.2 cm³/mol. The van der Waals surface area contributed by atoms with Gasteiger partial charge in [-0.1, -0.05) is 0 Å². The van der Waals surface area contributed by atoms with Gasteiger partial charge in [0.1, 0.15) is 0 Å². The van der Waals surface area contributed by atoms with Crippen molar-refractivity contribution in [3.8, 4) is 0 Å². The molecule has 130 valence electrons. The number of alkyl halides is 11. The largest absolute Gasteiger partial charge is 0.478 e. The molecule has 0 heterocycles. The number of halogens is 11. The Kier molecular flexibility index (Phi) is 4.89. The first kappa shape index (κ1) is 20.4. The van der Waals surface area contributed by atoms with E-state index in [0.29, 0.717) is 0 Å². The van der Waals surface area contributed by atoms with Crippen LogP contribution in [0.5, 0.6) is 0 Å². The summed E-state index contributed by atoms with van der Waals surface area (Å²) < 4.78 is 137. The van der Waals surface area contributed by atoms with E-state index in [0.717, 1.165) is 0 Å². The maximum absolute atomic E-state index is 13.0. The summed E-state index contributed by atoms with van der Waals surface area (Å²) in [5.41, 5.74) is -1.67. The smallest absolute Gasteiger partial charge is 0.460 e. The molecule has 0 spiro atoms. The number of rotatable bonds is 5. The number of carbonyl (C=O) groups is 1. The molecular formula is C9H5F11O2. The van der Waals surface area contributed by atoms with Gasteiger partial charge < -0.3 is 5.11 Å². The van der Waals surface area contributed by atoms with E-state index in [1.54, 1.807) is 0 Å². The Labute approximate surface area is 114 Å². The van der Waals surface area contributed by atoms with Gasteiger partial charge in [0.25, 0.3) is 0 Å². The molecular weight excluding hydrogens is 349 g/mol. The first-order valence-corrected chi connectivity index (χ1v) is 4.83. The lowest BCUT2D eigenvalue weighted by atomic mass is 9.96. The van der Waals surface area contributed by atoms with E-state index in [-0.39, 0.29) is 6.92 Å². The standard InChI is InChI=1S/C9H5F11O2/c1-3(4(21)22)2-5(10,11)6(12,13)7(14,15)8(16,17)9(18,19)20/h2H,1H3,(H,21,22). The fourth-order valence-corrected chi connectivity index (χ4v) is 1.01. The minimum atomic E-state index is -7.54. The normalized spacial score (nSPS) is 15.9. The second-order valence-electron chi connectivity index (χ2n) is 3.98.